The van der Waals surface area contributed by atoms with Crippen LogP contribution in [0.25, 0.3) is 12.2 Å². The lowest BCUT2D eigenvalue weighted by atomic mass is 10.1. The van der Waals surface area contributed by atoms with Crippen LogP contribution in [-0.4, -0.2) is 48.6 Å². The van der Waals surface area contributed by atoms with Crippen molar-refractivity contribution < 1.29 is 13.9 Å². The van der Waals surface area contributed by atoms with Crippen molar-refractivity contribution >= 4 is 23.9 Å². The van der Waals surface area contributed by atoms with Crippen molar-refractivity contribution in [3.63, 3.8) is 0 Å². The van der Waals surface area contributed by atoms with E-state index in [2.05, 4.69) is 11.1 Å². The molecule has 33 heavy (non-hydrogen) atoms. The van der Waals surface area contributed by atoms with E-state index in [1.54, 1.807) is 11.0 Å². The second-order valence-corrected chi connectivity index (χ2v) is 8.03. The molecule has 0 aliphatic carbocycles. The molecule has 0 unspecified atom stereocenters. The topological polar surface area (TPSA) is 82.6 Å². The average molecular weight is 443 g/mol. The molecule has 0 N–H and O–H groups in total. The first-order valence-corrected chi connectivity index (χ1v) is 10.9. The molecular formula is C26H26N4O3. The van der Waals surface area contributed by atoms with E-state index in [0.717, 1.165) is 11.1 Å². The lowest BCUT2D eigenvalue weighted by Crippen LogP contribution is -2.50. The number of amides is 1. The Morgan fingerprint density at radius 2 is 1.67 bits per heavy atom. The number of aromatic nitrogens is 1. The number of nitriles is 1. The first-order chi connectivity index (χ1) is 16.0. The van der Waals surface area contributed by atoms with Crippen LogP contribution in [0.2, 0.25) is 0 Å². The number of rotatable bonds is 6. The van der Waals surface area contributed by atoms with Crippen molar-refractivity contribution in [2.24, 2.45) is 0 Å². The first kappa shape index (κ1) is 22.2. The van der Waals surface area contributed by atoms with E-state index < -0.39 is 0 Å². The average Bonchev–Trinajstić information content (AvgIpc) is 3.26. The van der Waals surface area contributed by atoms with Crippen LogP contribution in [0.15, 0.2) is 52.9 Å². The summed E-state index contributed by atoms with van der Waals surface area (Å²) >= 11 is 0. The van der Waals surface area contributed by atoms with Crippen LogP contribution in [-0.2, 0) is 4.79 Å². The molecule has 0 atom stereocenters. The summed E-state index contributed by atoms with van der Waals surface area (Å²) in [5, 5.41) is 9.51. The maximum absolute atomic E-state index is 12.5. The number of piperazine rings is 1. The summed E-state index contributed by atoms with van der Waals surface area (Å²) in [7, 11) is 0. The number of benzene rings is 2. The van der Waals surface area contributed by atoms with Gasteiger partial charge in [-0.1, -0.05) is 47.5 Å². The van der Waals surface area contributed by atoms with Gasteiger partial charge in [-0.15, -0.1) is 0 Å². The Balaban J connectivity index is 1.34. The van der Waals surface area contributed by atoms with Crippen LogP contribution in [0.3, 0.4) is 0 Å². The Bertz CT molecular complexity index is 1170. The normalized spacial score (nSPS) is 13.8. The Hall–Kier alpha value is -4.05. The summed E-state index contributed by atoms with van der Waals surface area (Å²) in [5.74, 6) is 1.45. The van der Waals surface area contributed by atoms with Gasteiger partial charge in [-0.3, -0.25) is 4.79 Å². The number of oxazole rings is 1. The number of carbonyl (C=O) groups excluding carboxylic acids is 1. The molecule has 1 amide bonds. The zero-order chi connectivity index (χ0) is 23.2. The van der Waals surface area contributed by atoms with Crippen LogP contribution in [0.5, 0.6) is 5.75 Å². The number of aryl methyl sites for hydroxylation is 2. The minimum Gasteiger partial charge on any atom is -0.484 e. The second-order valence-electron chi connectivity index (χ2n) is 8.03. The minimum absolute atomic E-state index is 0.00275. The quantitative estimate of drug-likeness (QED) is 0.573. The van der Waals surface area contributed by atoms with Gasteiger partial charge in [0.05, 0.1) is 0 Å². The number of nitrogens with zero attached hydrogens (tertiary/aromatic N) is 4. The monoisotopic (exact) mass is 442 g/mol. The number of anilines is 1. The maximum Gasteiger partial charge on any atom is 0.260 e. The Labute approximate surface area is 193 Å². The Morgan fingerprint density at radius 1 is 1.03 bits per heavy atom. The smallest absolute Gasteiger partial charge is 0.260 e. The summed E-state index contributed by atoms with van der Waals surface area (Å²) in [4.78, 5) is 20.6. The highest BCUT2D eigenvalue weighted by Crippen LogP contribution is 2.24. The van der Waals surface area contributed by atoms with Gasteiger partial charge >= 0.3 is 0 Å². The van der Waals surface area contributed by atoms with Gasteiger partial charge in [0, 0.05) is 32.3 Å². The number of ether oxygens (including phenoxy) is 1. The van der Waals surface area contributed by atoms with Crippen LogP contribution < -0.4 is 9.64 Å². The molecule has 1 aliphatic heterocycles. The molecule has 1 saturated heterocycles. The van der Waals surface area contributed by atoms with E-state index in [1.807, 2.05) is 73.4 Å². The highest BCUT2D eigenvalue weighted by atomic mass is 16.5. The fourth-order valence-corrected chi connectivity index (χ4v) is 3.56. The Kier molecular flexibility index (Phi) is 6.75. The lowest BCUT2D eigenvalue weighted by Gasteiger charge is -2.34. The molecule has 0 saturated carbocycles. The molecule has 7 nitrogen and oxygen atoms in total. The molecule has 7 heteroatoms. The van der Waals surface area contributed by atoms with E-state index in [0.29, 0.717) is 43.7 Å². The molecule has 1 aliphatic rings. The third kappa shape index (κ3) is 5.60. The molecule has 1 aromatic heterocycles. The predicted octanol–water partition coefficient (Wildman–Crippen LogP) is 4.06. The van der Waals surface area contributed by atoms with Gasteiger partial charge in [0.25, 0.3) is 5.91 Å². The molecular weight excluding hydrogens is 416 g/mol. The first-order valence-electron chi connectivity index (χ1n) is 10.9. The molecule has 1 fully saturated rings. The van der Waals surface area contributed by atoms with Gasteiger partial charge in [-0.05, 0) is 37.6 Å². The SMILES string of the molecule is Cc1ccc(/C=C/c2nc(C#N)c(N3CCN(C(=O)COc4ccc(C)cc4)CC3)o2)cc1. The van der Waals surface area contributed by atoms with E-state index in [1.165, 1.54) is 5.56 Å². The lowest BCUT2D eigenvalue weighted by molar-refractivity contribution is -0.133. The molecule has 0 bridgehead atoms. The van der Waals surface area contributed by atoms with Gasteiger partial charge in [0.1, 0.15) is 11.8 Å². The summed E-state index contributed by atoms with van der Waals surface area (Å²) in [6.07, 6.45) is 3.66. The second kappa shape index (κ2) is 10.0. The largest absolute Gasteiger partial charge is 0.484 e. The standard InChI is InChI=1S/C26H26N4O3/c1-19-3-7-21(8-4-19)9-12-24-28-23(17-27)26(33-24)30-15-13-29(14-16-30)25(31)18-32-22-10-5-20(2)6-11-22/h3-12H,13-16,18H2,1-2H3/b12-9+. The van der Waals surface area contributed by atoms with E-state index in [-0.39, 0.29) is 18.2 Å². The molecule has 2 aromatic carbocycles. The summed E-state index contributed by atoms with van der Waals surface area (Å²) in [6.45, 7) is 6.21. The van der Waals surface area contributed by atoms with Gasteiger partial charge in [0.2, 0.25) is 17.5 Å². The van der Waals surface area contributed by atoms with Crippen LogP contribution in [0.1, 0.15) is 28.3 Å². The van der Waals surface area contributed by atoms with Crippen molar-refractivity contribution in [3.8, 4) is 11.8 Å². The van der Waals surface area contributed by atoms with E-state index >= 15 is 0 Å². The van der Waals surface area contributed by atoms with Crippen molar-refractivity contribution in [1.29, 1.82) is 5.26 Å². The highest BCUT2D eigenvalue weighted by molar-refractivity contribution is 5.78. The van der Waals surface area contributed by atoms with Crippen molar-refractivity contribution in [2.45, 2.75) is 13.8 Å². The number of hydrogen-bond donors (Lipinski definition) is 0. The minimum atomic E-state index is -0.0602. The van der Waals surface area contributed by atoms with Gasteiger partial charge in [-0.25, -0.2) is 0 Å². The maximum atomic E-state index is 12.5. The highest BCUT2D eigenvalue weighted by Gasteiger charge is 2.26. The third-order valence-electron chi connectivity index (χ3n) is 5.53. The van der Waals surface area contributed by atoms with E-state index in [4.69, 9.17) is 9.15 Å². The van der Waals surface area contributed by atoms with Crippen molar-refractivity contribution in [3.05, 3.63) is 76.8 Å². The zero-order valence-corrected chi connectivity index (χ0v) is 18.8. The molecule has 0 spiro atoms. The molecule has 168 valence electrons. The van der Waals surface area contributed by atoms with Crippen LogP contribution >= 0.6 is 0 Å². The number of carbonyl (C=O) groups is 1. The molecule has 3 aromatic rings. The molecule has 2 heterocycles. The Morgan fingerprint density at radius 3 is 2.30 bits per heavy atom. The third-order valence-corrected chi connectivity index (χ3v) is 5.53. The van der Waals surface area contributed by atoms with Crippen LogP contribution in [0.4, 0.5) is 5.88 Å². The molecule has 4 rings (SSSR count). The summed E-state index contributed by atoms with van der Waals surface area (Å²) < 4.78 is 11.5. The van der Waals surface area contributed by atoms with Gasteiger partial charge < -0.3 is 19.0 Å². The summed E-state index contributed by atoms with van der Waals surface area (Å²) in [6, 6.07) is 17.8. The summed E-state index contributed by atoms with van der Waals surface area (Å²) in [5.41, 5.74) is 3.61. The fourth-order valence-electron chi connectivity index (χ4n) is 3.56. The van der Waals surface area contributed by atoms with Gasteiger partial charge in [-0.2, -0.15) is 10.2 Å². The zero-order valence-electron chi connectivity index (χ0n) is 18.8. The predicted molar refractivity (Wildman–Crippen MR) is 127 cm³/mol. The van der Waals surface area contributed by atoms with Crippen LogP contribution in [0, 0.1) is 25.2 Å². The van der Waals surface area contributed by atoms with Crippen molar-refractivity contribution in [2.75, 3.05) is 37.7 Å². The van der Waals surface area contributed by atoms with E-state index in [9.17, 15) is 10.1 Å². The number of hydrogen-bond acceptors (Lipinski definition) is 6. The fraction of sp³-hybridized carbons (Fsp3) is 0.269. The van der Waals surface area contributed by atoms with Gasteiger partial charge in [0.15, 0.2) is 6.61 Å². The molecule has 0 radical (unpaired) electrons. The van der Waals surface area contributed by atoms with Crippen molar-refractivity contribution in [1.82, 2.24) is 9.88 Å².